The predicted molar refractivity (Wildman–Crippen MR) is 15.5 cm³/mol. The monoisotopic (exact) mass is 75.0 g/mol. The summed E-state index contributed by atoms with van der Waals surface area (Å²) < 4.78 is 0. The minimum Gasteiger partial charge on any atom is -0.235 e. The molecule has 0 rings (SSSR count). The van der Waals surface area contributed by atoms with Gasteiger partial charge >= 0.3 is 0 Å². The van der Waals surface area contributed by atoms with Crippen molar-refractivity contribution in [3.8, 4) is 0 Å². The molecule has 4 nitrogen and oxygen atoms in total. The van der Waals surface area contributed by atoms with E-state index >= 15 is 0 Å². The highest BCUT2D eigenvalue weighted by molar-refractivity contribution is 4.05. The van der Waals surface area contributed by atoms with Crippen LogP contribution in [-0.4, -0.2) is 5.03 Å². The van der Waals surface area contributed by atoms with Gasteiger partial charge in [-0.3, -0.25) is 0 Å². The molecule has 0 aromatic rings. The predicted octanol–water partition coefficient (Wildman–Crippen LogP) is -0.441. The third kappa shape index (κ3) is 3.20. The van der Waals surface area contributed by atoms with Crippen molar-refractivity contribution in [2.24, 2.45) is 0 Å². The van der Waals surface area contributed by atoms with Gasteiger partial charge in [-0.2, -0.15) is 0 Å². The molecule has 1 N–H and O–H groups in total. The van der Waals surface area contributed by atoms with Crippen LogP contribution in [0.5, 0.6) is 0 Å². The Morgan fingerprint density at radius 1 is 2.00 bits per heavy atom. The molecule has 0 aliphatic carbocycles. The molecule has 0 spiro atoms. The zero-order chi connectivity index (χ0) is 4.28. The Morgan fingerprint density at radius 2 is 2.20 bits per heavy atom. The van der Waals surface area contributed by atoms with Gasteiger partial charge in [-0.05, 0) is 0 Å². The number of rotatable bonds is 1. The van der Waals surface area contributed by atoms with E-state index < -0.39 is 5.03 Å². The van der Waals surface area contributed by atoms with E-state index in [0.717, 1.165) is 0 Å². The Labute approximate surface area is 28.9 Å². The maximum Gasteiger partial charge on any atom is 0.157 e. The molecule has 1 radical (unpaired) electrons. The minimum atomic E-state index is -0.736. The summed E-state index contributed by atoms with van der Waals surface area (Å²) in [6.45, 7) is 0. The second-order valence-electron chi connectivity index (χ2n) is 0.415. The van der Waals surface area contributed by atoms with Gasteiger partial charge in [0.25, 0.3) is 0 Å². The Bertz CT molecular complexity index is 42.9. The molecule has 0 unspecified atom stereocenters. The van der Waals surface area contributed by atoms with Crippen LogP contribution < -0.4 is 5.43 Å². The summed E-state index contributed by atoms with van der Waals surface area (Å²) in [6, 6.07) is 0. The fourth-order valence-electron chi connectivity index (χ4n) is 0. The molecule has 0 aliphatic rings. The molecule has 4 heteroatoms. The van der Waals surface area contributed by atoms with Crippen LogP contribution in [0.4, 0.5) is 0 Å². The fraction of sp³-hybridized carbons (Fsp3) is 0. The Balaban J connectivity index is 2.85. The van der Waals surface area contributed by atoms with Crippen molar-refractivity contribution in [2.75, 3.05) is 0 Å². The Kier molecular flexibility index (Phi) is 1.27. The minimum absolute atomic E-state index is 0.736. The Hall–Kier alpha value is -0.800. The standard InChI is InChI=1S/CH3N2O2/c1-2-3(4)5/h2H,1H2. The van der Waals surface area contributed by atoms with Gasteiger partial charge in [-0.1, -0.05) is 0 Å². The summed E-state index contributed by atoms with van der Waals surface area (Å²) in [4.78, 5) is 9.00. The highest BCUT2D eigenvalue weighted by atomic mass is 16.7. The van der Waals surface area contributed by atoms with E-state index in [4.69, 9.17) is 10.1 Å². The Morgan fingerprint density at radius 3 is 2.20 bits per heavy atom. The van der Waals surface area contributed by atoms with E-state index in [1.807, 2.05) is 0 Å². The van der Waals surface area contributed by atoms with E-state index in [-0.39, 0.29) is 0 Å². The summed E-state index contributed by atoms with van der Waals surface area (Å²) in [5.41, 5.74) is 1.50. The molecule has 0 amide bonds. The molecule has 0 aromatic heterocycles. The van der Waals surface area contributed by atoms with Crippen molar-refractivity contribution in [3.05, 3.63) is 17.2 Å². The highest BCUT2D eigenvalue weighted by Crippen LogP contribution is 1.44. The lowest BCUT2D eigenvalue weighted by Gasteiger charge is -1.76. The topological polar surface area (TPSA) is 55.2 Å². The highest BCUT2D eigenvalue weighted by Gasteiger charge is 1.73. The van der Waals surface area contributed by atoms with Crippen LogP contribution in [-0.2, 0) is 0 Å². The summed E-state index contributed by atoms with van der Waals surface area (Å²) in [5.74, 6) is 0. The molecule has 0 aromatic carbocycles. The normalized spacial score (nSPS) is 6.60. The molecular formula is CH3N2O2. The van der Waals surface area contributed by atoms with Gasteiger partial charge < -0.3 is 0 Å². The van der Waals surface area contributed by atoms with Gasteiger partial charge in [-0.15, -0.1) is 5.43 Å². The summed E-state index contributed by atoms with van der Waals surface area (Å²) in [6.07, 6.45) is 0. The number of nitrogens with one attached hydrogen (secondary N) is 1. The first kappa shape index (κ1) is 4.20. The lowest BCUT2D eigenvalue weighted by Crippen LogP contribution is -2.10. The number of hydrazine groups is 1. The third-order valence-corrected chi connectivity index (χ3v) is 0.129. The molecule has 0 saturated carbocycles. The molecule has 0 fully saturated rings. The van der Waals surface area contributed by atoms with Crippen molar-refractivity contribution < 1.29 is 5.03 Å². The van der Waals surface area contributed by atoms with Crippen molar-refractivity contribution in [2.45, 2.75) is 0 Å². The number of nitro groups is 1. The molecule has 5 heavy (non-hydrogen) atoms. The summed E-state index contributed by atoms with van der Waals surface area (Å²) in [7, 11) is 2.74. The van der Waals surface area contributed by atoms with Crippen LogP contribution in [0.15, 0.2) is 0 Å². The number of hydrogen-bond donors (Lipinski definition) is 1. The molecular weight excluding hydrogens is 72.0 g/mol. The summed E-state index contributed by atoms with van der Waals surface area (Å²) >= 11 is 0. The van der Waals surface area contributed by atoms with Crippen molar-refractivity contribution in [3.63, 3.8) is 0 Å². The second-order valence-corrected chi connectivity index (χ2v) is 0.415. The van der Waals surface area contributed by atoms with E-state index in [0.29, 0.717) is 0 Å². The van der Waals surface area contributed by atoms with Crippen molar-refractivity contribution in [1.82, 2.24) is 5.43 Å². The molecule has 0 atom stereocenters. The van der Waals surface area contributed by atoms with Crippen LogP contribution in [0.25, 0.3) is 0 Å². The van der Waals surface area contributed by atoms with Crippen LogP contribution in [0.2, 0.25) is 0 Å². The second kappa shape index (κ2) is 1.51. The van der Waals surface area contributed by atoms with Gasteiger partial charge in [0, 0.05) is 0 Å². The maximum absolute atomic E-state index is 9.00. The van der Waals surface area contributed by atoms with Gasteiger partial charge in [0.1, 0.15) is 0 Å². The third-order valence-electron chi connectivity index (χ3n) is 0.129. The fourth-order valence-corrected chi connectivity index (χ4v) is 0. The molecule has 0 bridgehead atoms. The first-order valence-electron chi connectivity index (χ1n) is 0.942. The molecule has 0 heterocycles. The zero-order valence-corrected chi connectivity index (χ0v) is 2.47. The largest absolute Gasteiger partial charge is 0.235 e. The maximum atomic E-state index is 9.00. The van der Waals surface area contributed by atoms with Gasteiger partial charge in [0.05, 0.1) is 7.05 Å². The average molecular weight is 75.0 g/mol. The average Bonchev–Trinajstić information content (AvgIpc) is 1.38. The summed E-state index contributed by atoms with van der Waals surface area (Å²) in [5, 5.41) is 8.26. The SMILES string of the molecule is [CH2]N[N+](=O)[O-]. The van der Waals surface area contributed by atoms with Crippen molar-refractivity contribution >= 4 is 0 Å². The molecule has 0 saturated heterocycles. The smallest absolute Gasteiger partial charge is 0.157 e. The van der Waals surface area contributed by atoms with Gasteiger partial charge in [0.15, 0.2) is 5.03 Å². The van der Waals surface area contributed by atoms with Crippen LogP contribution in [0, 0.1) is 17.2 Å². The van der Waals surface area contributed by atoms with Crippen LogP contribution in [0.1, 0.15) is 0 Å². The molecule has 29 valence electrons. The zero-order valence-electron chi connectivity index (χ0n) is 2.47. The van der Waals surface area contributed by atoms with Crippen LogP contribution >= 0.6 is 0 Å². The van der Waals surface area contributed by atoms with E-state index in [2.05, 4.69) is 7.05 Å². The van der Waals surface area contributed by atoms with E-state index in [9.17, 15) is 0 Å². The van der Waals surface area contributed by atoms with E-state index in [1.165, 1.54) is 5.43 Å². The first-order chi connectivity index (χ1) is 2.27. The van der Waals surface area contributed by atoms with Gasteiger partial charge in [-0.25, -0.2) is 10.1 Å². The quantitative estimate of drug-likeness (QED) is 0.339. The lowest BCUT2D eigenvalue weighted by atomic mass is 11.5. The lowest BCUT2D eigenvalue weighted by molar-refractivity contribution is -0.533. The van der Waals surface area contributed by atoms with Gasteiger partial charge in [0.2, 0.25) is 0 Å². The van der Waals surface area contributed by atoms with Crippen LogP contribution in [0.3, 0.4) is 0 Å². The number of nitrogens with zero attached hydrogens (tertiary/aromatic N) is 1. The molecule has 0 aliphatic heterocycles. The van der Waals surface area contributed by atoms with E-state index in [1.54, 1.807) is 0 Å². The number of hydrogen-bond acceptors (Lipinski definition) is 2. The van der Waals surface area contributed by atoms with Crippen molar-refractivity contribution in [1.29, 1.82) is 0 Å². The first-order valence-corrected chi connectivity index (χ1v) is 0.942.